The molecule has 180 valence electrons. The number of benzene rings is 1. The number of rotatable bonds is 6. The normalized spacial score (nSPS) is 34.7. The highest BCUT2D eigenvalue weighted by molar-refractivity contribution is 6.38. The Labute approximate surface area is 199 Å². The molecule has 5 atom stereocenters. The van der Waals surface area contributed by atoms with Crippen molar-refractivity contribution in [3.8, 4) is 5.75 Å². The van der Waals surface area contributed by atoms with Crippen molar-refractivity contribution in [3.05, 3.63) is 29.8 Å². The summed E-state index contributed by atoms with van der Waals surface area (Å²) in [6, 6.07) is 6.63. The number of nitrogens with one attached hydrogen (secondary N) is 1. The molecule has 2 aliphatic heterocycles. The summed E-state index contributed by atoms with van der Waals surface area (Å²) in [6.07, 6.45) is 1.76. The molecule has 33 heavy (non-hydrogen) atoms. The first-order valence-electron chi connectivity index (χ1n) is 11.6. The van der Waals surface area contributed by atoms with Gasteiger partial charge in [-0.2, -0.15) is 0 Å². The fraction of sp³-hybridized carbons (Fsp3) is 0.625. The Kier molecular flexibility index (Phi) is 5.90. The maximum Gasteiger partial charge on any atom is 0.242 e. The zero-order chi connectivity index (χ0) is 24.2. The molecule has 1 unspecified atom stereocenters. The number of carbonyl (C=O) groups excluding carboxylic acids is 2. The van der Waals surface area contributed by atoms with E-state index in [0.717, 1.165) is 12.8 Å². The second-order valence-corrected chi connectivity index (χ2v) is 10.5. The minimum absolute atomic E-state index is 0.0507. The average Bonchev–Trinajstić information content (AvgIpc) is 3.32. The Bertz CT molecular complexity index is 992. The summed E-state index contributed by atoms with van der Waals surface area (Å²) in [7, 11) is 0. The number of guanidine groups is 1. The lowest BCUT2D eigenvalue weighted by molar-refractivity contribution is -0.130. The van der Waals surface area contributed by atoms with Gasteiger partial charge < -0.3 is 20.9 Å². The van der Waals surface area contributed by atoms with Gasteiger partial charge >= 0.3 is 0 Å². The molecule has 1 aromatic rings. The maximum atomic E-state index is 13.4. The highest BCUT2D eigenvalue weighted by Gasteiger charge is 2.67. The standard InChI is InChI=1S/C24H33ClN4O4/c1-5-23(6-2)11-18(30)29(21(26)28-23)12-16-14(3)24(16,25)20(31)27-19-15-9-7-8-10-17(15)33-13-22(19,4)32/h7-10,14,16,19,32H,5-6,11-13H2,1-4H3,(H2,26,28)(H,27,31)/t14?,16-,19+,22+,24+/m0/s1. The van der Waals surface area contributed by atoms with E-state index >= 15 is 0 Å². The van der Waals surface area contributed by atoms with E-state index in [4.69, 9.17) is 22.1 Å². The fourth-order valence-electron chi connectivity index (χ4n) is 5.14. The molecule has 1 aromatic carbocycles. The number of nitrogens with two attached hydrogens (primary N) is 1. The van der Waals surface area contributed by atoms with E-state index in [1.54, 1.807) is 13.0 Å². The van der Waals surface area contributed by atoms with Gasteiger partial charge in [-0.15, -0.1) is 11.6 Å². The molecule has 1 aliphatic carbocycles. The van der Waals surface area contributed by atoms with Crippen molar-refractivity contribution in [3.63, 3.8) is 0 Å². The third-order valence-corrected chi connectivity index (χ3v) is 8.59. The fourth-order valence-corrected chi connectivity index (χ4v) is 5.54. The summed E-state index contributed by atoms with van der Waals surface area (Å²) in [5.41, 5.74) is 5.13. The van der Waals surface area contributed by atoms with Crippen LogP contribution in [-0.4, -0.2) is 56.9 Å². The molecule has 4 rings (SSSR count). The highest BCUT2D eigenvalue weighted by Crippen LogP contribution is 2.57. The Balaban J connectivity index is 1.51. The molecule has 1 fully saturated rings. The van der Waals surface area contributed by atoms with Crippen LogP contribution in [0.2, 0.25) is 0 Å². The van der Waals surface area contributed by atoms with E-state index in [9.17, 15) is 14.7 Å². The van der Waals surface area contributed by atoms with Crippen molar-refractivity contribution in [2.75, 3.05) is 13.2 Å². The van der Waals surface area contributed by atoms with Crippen LogP contribution in [0.5, 0.6) is 5.75 Å². The number of hydrogen-bond donors (Lipinski definition) is 3. The van der Waals surface area contributed by atoms with Crippen molar-refractivity contribution in [2.45, 2.75) is 69.0 Å². The monoisotopic (exact) mass is 476 g/mol. The third kappa shape index (κ3) is 3.87. The lowest BCUT2D eigenvalue weighted by Crippen LogP contribution is -2.53. The average molecular weight is 477 g/mol. The van der Waals surface area contributed by atoms with Gasteiger partial charge in [-0.1, -0.05) is 39.0 Å². The van der Waals surface area contributed by atoms with E-state index in [1.165, 1.54) is 4.90 Å². The van der Waals surface area contributed by atoms with Gasteiger partial charge in [0.25, 0.3) is 0 Å². The second-order valence-electron chi connectivity index (χ2n) is 9.84. The molecule has 0 radical (unpaired) electrons. The van der Waals surface area contributed by atoms with Crippen LogP contribution in [0.3, 0.4) is 0 Å². The number of amides is 2. The van der Waals surface area contributed by atoms with Gasteiger partial charge in [0.2, 0.25) is 11.8 Å². The first kappa shape index (κ1) is 23.8. The number of aliphatic hydroxyl groups is 1. The van der Waals surface area contributed by atoms with Gasteiger partial charge in [-0.3, -0.25) is 14.5 Å². The number of fused-ring (bicyclic) bond motifs is 1. The molecule has 0 saturated heterocycles. The summed E-state index contributed by atoms with van der Waals surface area (Å²) < 4.78 is 5.65. The van der Waals surface area contributed by atoms with Gasteiger partial charge in [0.05, 0.1) is 18.0 Å². The molecule has 1 saturated carbocycles. The van der Waals surface area contributed by atoms with Crippen LogP contribution in [0.25, 0.3) is 0 Å². The van der Waals surface area contributed by atoms with E-state index in [0.29, 0.717) is 17.7 Å². The first-order chi connectivity index (χ1) is 15.5. The number of halogens is 1. The largest absolute Gasteiger partial charge is 0.490 e. The number of ether oxygens (including phenoxy) is 1. The number of para-hydroxylation sites is 1. The van der Waals surface area contributed by atoms with E-state index < -0.39 is 22.1 Å². The molecule has 9 heteroatoms. The van der Waals surface area contributed by atoms with E-state index in [1.807, 2.05) is 39.0 Å². The van der Waals surface area contributed by atoms with Crippen LogP contribution in [0.15, 0.2) is 29.3 Å². The SMILES string of the molecule is CCC1(CC)CC(=O)N(C[C@H]2C(C)[C@]2(Cl)C(=O)N[C@@H]2c3ccccc3OC[C@@]2(C)O)C(N)=N1. The highest BCUT2D eigenvalue weighted by atomic mass is 35.5. The first-order valence-corrected chi connectivity index (χ1v) is 12.0. The topological polar surface area (TPSA) is 117 Å². The Morgan fingerprint density at radius 1 is 1.36 bits per heavy atom. The molecular formula is C24H33ClN4O4. The van der Waals surface area contributed by atoms with Crippen molar-refractivity contribution in [1.29, 1.82) is 0 Å². The smallest absolute Gasteiger partial charge is 0.242 e. The van der Waals surface area contributed by atoms with Crippen LogP contribution in [-0.2, 0) is 9.59 Å². The predicted octanol–water partition coefficient (Wildman–Crippen LogP) is 2.34. The number of nitrogens with zero attached hydrogens (tertiary/aromatic N) is 2. The van der Waals surface area contributed by atoms with Crippen molar-refractivity contribution in [2.24, 2.45) is 22.6 Å². The second kappa shape index (κ2) is 8.17. The summed E-state index contributed by atoms with van der Waals surface area (Å²) in [6.45, 7) is 7.80. The van der Waals surface area contributed by atoms with Crippen molar-refractivity contribution < 1.29 is 19.4 Å². The van der Waals surface area contributed by atoms with Crippen LogP contribution >= 0.6 is 11.6 Å². The zero-order valence-corrected chi connectivity index (χ0v) is 20.4. The Morgan fingerprint density at radius 2 is 2.03 bits per heavy atom. The molecule has 0 aromatic heterocycles. The summed E-state index contributed by atoms with van der Waals surface area (Å²) in [4.78, 5) is 31.1. The van der Waals surface area contributed by atoms with E-state index in [-0.39, 0.29) is 42.8 Å². The Morgan fingerprint density at radius 3 is 2.67 bits per heavy atom. The lowest BCUT2D eigenvalue weighted by Gasteiger charge is -2.39. The van der Waals surface area contributed by atoms with E-state index in [2.05, 4.69) is 10.3 Å². The number of carbonyl (C=O) groups is 2. The molecule has 0 spiro atoms. The van der Waals surface area contributed by atoms with Gasteiger partial charge in [0.15, 0.2) is 5.96 Å². The number of alkyl halides is 1. The zero-order valence-electron chi connectivity index (χ0n) is 19.6. The van der Waals surface area contributed by atoms with Gasteiger partial charge in [-0.05, 0) is 31.7 Å². The van der Waals surface area contributed by atoms with Crippen molar-refractivity contribution >= 4 is 29.4 Å². The van der Waals surface area contributed by atoms with Crippen LogP contribution < -0.4 is 15.8 Å². The molecular weight excluding hydrogens is 444 g/mol. The maximum absolute atomic E-state index is 13.4. The predicted molar refractivity (Wildman–Crippen MR) is 126 cm³/mol. The third-order valence-electron chi connectivity index (χ3n) is 7.80. The van der Waals surface area contributed by atoms with Gasteiger partial charge in [0, 0.05) is 18.0 Å². The minimum Gasteiger partial charge on any atom is -0.490 e. The molecule has 2 heterocycles. The molecule has 2 amide bonds. The summed E-state index contributed by atoms with van der Waals surface area (Å²) in [5, 5.41) is 13.9. The van der Waals surface area contributed by atoms with Gasteiger partial charge in [0.1, 0.15) is 22.8 Å². The minimum atomic E-state index is -1.30. The number of aliphatic imine (C=N–C) groups is 1. The summed E-state index contributed by atoms with van der Waals surface area (Å²) in [5.74, 6) is -0.117. The van der Waals surface area contributed by atoms with Crippen LogP contribution in [0.1, 0.15) is 58.6 Å². The summed E-state index contributed by atoms with van der Waals surface area (Å²) >= 11 is 6.83. The Hall–Kier alpha value is -2.32. The van der Waals surface area contributed by atoms with Crippen molar-refractivity contribution in [1.82, 2.24) is 10.2 Å². The van der Waals surface area contributed by atoms with Crippen LogP contribution in [0.4, 0.5) is 0 Å². The van der Waals surface area contributed by atoms with Crippen LogP contribution in [0, 0.1) is 11.8 Å². The molecule has 8 nitrogen and oxygen atoms in total. The molecule has 3 aliphatic rings. The molecule has 0 bridgehead atoms. The quantitative estimate of drug-likeness (QED) is 0.545. The van der Waals surface area contributed by atoms with Gasteiger partial charge in [-0.25, -0.2) is 4.99 Å². The molecule has 4 N–H and O–H groups in total. The number of hydrogen-bond acceptors (Lipinski definition) is 6. The lowest BCUT2D eigenvalue weighted by atomic mass is 9.87.